The number of aromatic carboxylic acids is 1. The Morgan fingerprint density at radius 3 is 2.43 bits per heavy atom. The molecule has 0 radical (unpaired) electrons. The summed E-state index contributed by atoms with van der Waals surface area (Å²) in [6, 6.07) is 7.87. The van der Waals surface area contributed by atoms with Crippen LogP contribution in [-0.4, -0.2) is 27.6 Å². The number of nitrogens with zero attached hydrogens (tertiary/aromatic N) is 1. The maximum Gasteiger partial charge on any atom is 0.354 e. The average molecular weight is 314 g/mol. The summed E-state index contributed by atoms with van der Waals surface area (Å²) in [5.41, 5.74) is 7.29. The van der Waals surface area contributed by atoms with Gasteiger partial charge >= 0.3 is 11.9 Å². The zero-order valence-electron chi connectivity index (χ0n) is 13.2. The van der Waals surface area contributed by atoms with Gasteiger partial charge in [-0.15, -0.1) is 0 Å². The summed E-state index contributed by atoms with van der Waals surface area (Å²) in [4.78, 5) is 26.8. The third-order valence-corrected chi connectivity index (χ3v) is 2.98. The number of carbonyl (C=O) groups is 2. The second-order valence-corrected chi connectivity index (χ2v) is 6.04. The molecule has 1 aromatic carbocycles. The number of pyridine rings is 1. The van der Waals surface area contributed by atoms with Gasteiger partial charge in [-0.1, -0.05) is 6.07 Å². The Kier molecular flexibility index (Phi) is 4.36. The SMILES string of the molecule is CC(C)(C)OC(=O)c1ccc(-c2ccnc(C(=O)O)c2)c(N)c1. The second kappa shape index (κ2) is 6.08. The molecule has 0 aliphatic carbocycles. The Morgan fingerprint density at radius 1 is 1.17 bits per heavy atom. The zero-order valence-corrected chi connectivity index (χ0v) is 13.2. The van der Waals surface area contributed by atoms with Gasteiger partial charge in [0.2, 0.25) is 0 Å². The van der Waals surface area contributed by atoms with E-state index in [1.54, 1.807) is 39.0 Å². The molecule has 0 fully saturated rings. The fourth-order valence-electron chi connectivity index (χ4n) is 2.00. The quantitative estimate of drug-likeness (QED) is 0.667. The molecule has 2 rings (SSSR count). The molecule has 1 aromatic heterocycles. The van der Waals surface area contributed by atoms with Crippen LogP contribution < -0.4 is 5.73 Å². The van der Waals surface area contributed by atoms with Crippen LogP contribution in [0.25, 0.3) is 11.1 Å². The molecule has 0 spiro atoms. The van der Waals surface area contributed by atoms with Gasteiger partial charge in [-0.25, -0.2) is 14.6 Å². The standard InChI is InChI=1S/C17H18N2O4/c1-17(2,3)23-16(22)11-4-5-12(13(18)8-11)10-6-7-19-14(9-10)15(20)21/h4-9H,18H2,1-3H3,(H,20,21). The lowest BCUT2D eigenvalue weighted by Gasteiger charge is -2.19. The largest absolute Gasteiger partial charge is 0.477 e. The summed E-state index contributed by atoms with van der Waals surface area (Å²) in [7, 11) is 0. The first kappa shape index (κ1) is 16.5. The van der Waals surface area contributed by atoms with E-state index in [9.17, 15) is 9.59 Å². The number of hydrogen-bond acceptors (Lipinski definition) is 5. The van der Waals surface area contributed by atoms with Crippen LogP contribution in [0.2, 0.25) is 0 Å². The Bertz CT molecular complexity index is 763. The Balaban J connectivity index is 2.35. The second-order valence-electron chi connectivity index (χ2n) is 6.04. The summed E-state index contributed by atoms with van der Waals surface area (Å²) < 4.78 is 5.29. The molecule has 0 saturated carbocycles. The maximum atomic E-state index is 12.0. The van der Waals surface area contributed by atoms with E-state index >= 15 is 0 Å². The Morgan fingerprint density at radius 2 is 1.87 bits per heavy atom. The van der Waals surface area contributed by atoms with Crippen LogP contribution in [0.4, 0.5) is 5.69 Å². The molecule has 0 amide bonds. The number of carbonyl (C=O) groups excluding carboxylic acids is 1. The molecule has 6 nitrogen and oxygen atoms in total. The van der Waals surface area contributed by atoms with Gasteiger partial charge < -0.3 is 15.6 Å². The number of carboxylic acids is 1. The molecular formula is C17H18N2O4. The maximum absolute atomic E-state index is 12.0. The number of benzene rings is 1. The molecule has 0 bridgehead atoms. The lowest BCUT2D eigenvalue weighted by Crippen LogP contribution is -2.23. The first-order valence-corrected chi connectivity index (χ1v) is 7.00. The Labute approximate surface area is 133 Å². The van der Waals surface area contributed by atoms with Crippen molar-refractivity contribution >= 4 is 17.6 Å². The molecule has 1 heterocycles. The first-order valence-electron chi connectivity index (χ1n) is 7.00. The van der Waals surface area contributed by atoms with Crippen molar-refractivity contribution in [2.45, 2.75) is 26.4 Å². The van der Waals surface area contributed by atoms with E-state index in [-0.39, 0.29) is 5.69 Å². The van der Waals surface area contributed by atoms with Crippen LogP contribution in [0, 0.1) is 0 Å². The minimum absolute atomic E-state index is 0.0712. The molecule has 0 aliphatic rings. The number of rotatable bonds is 3. The van der Waals surface area contributed by atoms with E-state index < -0.39 is 17.5 Å². The van der Waals surface area contributed by atoms with Crippen LogP contribution in [0.1, 0.15) is 41.6 Å². The fourth-order valence-corrected chi connectivity index (χ4v) is 2.00. The summed E-state index contributed by atoms with van der Waals surface area (Å²) in [5.74, 6) is -1.58. The molecule has 2 aromatic rings. The van der Waals surface area contributed by atoms with Gasteiger partial charge in [0.1, 0.15) is 11.3 Å². The van der Waals surface area contributed by atoms with Gasteiger partial charge in [0.05, 0.1) is 5.56 Å². The first-order chi connectivity index (χ1) is 10.7. The van der Waals surface area contributed by atoms with Crippen molar-refractivity contribution in [1.82, 2.24) is 4.98 Å². The smallest absolute Gasteiger partial charge is 0.354 e. The molecule has 23 heavy (non-hydrogen) atoms. The molecule has 3 N–H and O–H groups in total. The van der Waals surface area contributed by atoms with E-state index in [0.717, 1.165) is 0 Å². The molecular weight excluding hydrogens is 296 g/mol. The minimum Gasteiger partial charge on any atom is -0.477 e. The molecule has 120 valence electrons. The third kappa shape index (κ3) is 4.06. The van der Waals surface area contributed by atoms with Crippen molar-refractivity contribution in [2.75, 3.05) is 5.73 Å². The normalized spacial score (nSPS) is 11.1. The number of nitrogen functional groups attached to an aromatic ring is 1. The third-order valence-electron chi connectivity index (χ3n) is 2.98. The van der Waals surface area contributed by atoms with Crippen LogP contribution in [0.15, 0.2) is 36.5 Å². The summed E-state index contributed by atoms with van der Waals surface area (Å²) in [5, 5.41) is 9.00. The molecule has 6 heteroatoms. The van der Waals surface area contributed by atoms with E-state index in [1.165, 1.54) is 18.3 Å². The van der Waals surface area contributed by atoms with Gasteiger partial charge in [0, 0.05) is 17.4 Å². The highest BCUT2D eigenvalue weighted by molar-refractivity contribution is 5.93. The average Bonchev–Trinajstić information content (AvgIpc) is 2.45. The van der Waals surface area contributed by atoms with E-state index in [1.807, 2.05) is 0 Å². The lowest BCUT2D eigenvalue weighted by molar-refractivity contribution is 0.00694. The van der Waals surface area contributed by atoms with Crippen molar-refractivity contribution in [3.63, 3.8) is 0 Å². The summed E-state index contributed by atoms with van der Waals surface area (Å²) in [6.45, 7) is 5.35. The molecule has 0 atom stereocenters. The summed E-state index contributed by atoms with van der Waals surface area (Å²) >= 11 is 0. The number of carboxylic acid groups (broad SMARTS) is 1. The highest BCUT2D eigenvalue weighted by Crippen LogP contribution is 2.27. The highest BCUT2D eigenvalue weighted by Gasteiger charge is 2.19. The van der Waals surface area contributed by atoms with Crippen molar-refractivity contribution in [2.24, 2.45) is 0 Å². The molecule has 0 aliphatic heterocycles. The van der Waals surface area contributed by atoms with Gasteiger partial charge in [-0.3, -0.25) is 0 Å². The lowest BCUT2D eigenvalue weighted by atomic mass is 10.0. The van der Waals surface area contributed by atoms with E-state index in [4.69, 9.17) is 15.6 Å². The van der Waals surface area contributed by atoms with Crippen LogP contribution in [-0.2, 0) is 4.74 Å². The number of anilines is 1. The van der Waals surface area contributed by atoms with Crippen molar-refractivity contribution < 1.29 is 19.4 Å². The van der Waals surface area contributed by atoms with Gasteiger partial charge in [0.25, 0.3) is 0 Å². The van der Waals surface area contributed by atoms with Crippen LogP contribution in [0.3, 0.4) is 0 Å². The highest BCUT2D eigenvalue weighted by atomic mass is 16.6. The molecule has 0 saturated heterocycles. The van der Waals surface area contributed by atoms with Crippen LogP contribution >= 0.6 is 0 Å². The van der Waals surface area contributed by atoms with Crippen molar-refractivity contribution in [3.8, 4) is 11.1 Å². The Hall–Kier alpha value is -2.89. The number of esters is 1. The van der Waals surface area contributed by atoms with Gasteiger partial charge in [-0.05, 0) is 50.6 Å². The molecule has 0 unspecified atom stereocenters. The van der Waals surface area contributed by atoms with Crippen LogP contribution in [0.5, 0.6) is 0 Å². The predicted molar refractivity (Wildman–Crippen MR) is 86.2 cm³/mol. The van der Waals surface area contributed by atoms with Crippen molar-refractivity contribution in [3.05, 3.63) is 47.8 Å². The predicted octanol–water partition coefficient (Wildman–Crippen LogP) is 2.98. The van der Waals surface area contributed by atoms with E-state index in [0.29, 0.717) is 22.4 Å². The monoisotopic (exact) mass is 314 g/mol. The van der Waals surface area contributed by atoms with Gasteiger partial charge in [0.15, 0.2) is 0 Å². The number of hydrogen-bond donors (Lipinski definition) is 2. The number of nitrogens with two attached hydrogens (primary N) is 1. The summed E-state index contributed by atoms with van der Waals surface area (Å²) in [6.07, 6.45) is 1.40. The van der Waals surface area contributed by atoms with E-state index in [2.05, 4.69) is 4.98 Å². The fraction of sp³-hybridized carbons (Fsp3) is 0.235. The van der Waals surface area contributed by atoms with Gasteiger partial charge in [-0.2, -0.15) is 0 Å². The minimum atomic E-state index is -1.12. The number of aromatic nitrogens is 1. The van der Waals surface area contributed by atoms with Crippen molar-refractivity contribution in [1.29, 1.82) is 0 Å². The number of ether oxygens (including phenoxy) is 1. The topological polar surface area (TPSA) is 103 Å². The zero-order chi connectivity index (χ0) is 17.2.